The molecule has 0 atom stereocenters. The van der Waals surface area contributed by atoms with Gasteiger partial charge in [0.25, 0.3) is 0 Å². The summed E-state index contributed by atoms with van der Waals surface area (Å²) in [6, 6.07) is 12.5. The van der Waals surface area contributed by atoms with E-state index in [2.05, 4.69) is 5.32 Å². The molecule has 122 valence electrons. The van der Waals surface area contributed by atoms with Crippen molar-refractivity contribution in [2.75, 3.05) is 12.4 Å². The molecule has 0 bridgehead atoms. The Hall–Kier alpha value is -2.09. The van der Waals surface area contributed by atoms with E-state index in [1.807, 2.05) is 12.1 Å². The summed E-state index contributed by atoms with van der Waals surface area (Å²) in [6.45, 7) is 0.387. The van der Waals surface area contributed by atoms with Gasteiger partial charge in [0.05, 0.1) is 4.90 Å². The minimum Gasteiger partial charge on any atom is -0.323 e. The summed E-state index contributed by atoms with van der Waals surface area (Å²) in [5.74, 6) is 0. The molecule has 6 nitrogen and oxygen atoms in total. The number of nitrogens with one attached hydrogen (secondary N) is 1. The van der Waals surface area contributed by atoms with Crippen LogP contribution < -0.4 is 10.5 Å². The first-order chi connectivity index (χ1) is 10.8. The number of sulfonamides is 1. The molecule has 0 aromatic heterocycles. The zero-order valence-corrected chi connectivity index (χ0v) is 13.9. The second kappa shape index (κ2) is 6.99. The monoisotopic (exact) mass is 353 g/mol. The number of amides is 2. The number of halogens is 1. The first-order valence-electron chi connectivity index (χ1n) is 6.65. The fourth-order valence-electron chi connectivity index (χ4n) is 1.91. The van der Waals surface area contributed by atoms with E-state index in [9.17, 15) is 13.2 Å². The van der Waals surface area contributed by atoms with E-state index in [1.165, 1.54) is 23.1 Å². The van der Waals surface area contributed by atoms with Crippen LogP contribution in [0.15, 0.2) is 53.4 Å². The minimum atomic E-state index is -3.81. The van der Waals surface area contributed by atoms with Crippen molar-refractivity contribution in [3.63, 3.8) is 0 Å². The first kappa shape index (κ1) is 17.3. The third kappa shape index (κ3) is 4.95. The maximum atomic E-state index is 12.2. The van der Waals surface area contributed by atoms with Crippen LogP contribution in [-0.2, 0) is 16.6 Å². The van der Waals surface area contributed by atoms with Crippen LogP contribution >= 0.6 is 11.6 Å². The number of nitrogens with two attached hydrogens (primary N) is 1. The SMILES string of the molecule is CN(Cc1ccc(Cl)cc1)C(=O)Nc1cccc(S(N)(=O)=O)c1. The van der Waals surface area contributed by atoms with Crippen LogP contribution in [0.5, 0.6) is 0 Å². The number of carbonyl (C=O) groups is 1. The Bertz CT molecular complexity index is 807. The highest BCUT2D eigenvalue weighted by Gasteiger charge is 2.12. The molecule has 3 N–H and O–H groups in total. The molecule has 0 saturated carbocycles. The van der Waals surface area contributed by atoms with Crippen molar-refractivity contribution < 1.29 is 13.2 Å². The van der Waals surface area contributed by atoms with Gasteiger partial charge in [0.2, 0.25) is 10.0 Å². The van der Waals surface area contributed by atoms with Gasteiger partial charge in [-0.25, -0.2) is 18.4 Å². The van der Waals surface area contributed by atoms with E-state index in [1.54, 1.807) is 25.2 Å². The number of hydrogen-bond donors (Lipinski definition) is 2. The quantitative estimate of drug-likeness (QED) is 0.884. The second-order valence-electron chi connectivity index (χ2n) is 4.99. The number of urea groups is 1. The fourth-order valence-corrected chi connectivity index (χ4v) is 2.59. The van der Waals surface area contributed by atoms with Crippen molar-refractivity contribution in [1.29, 1.82) is 0 Å². The average molecular weight is 354 g/mol. The maximum absolute atomic E-state index is 12.2. The third-order valence-electron chi connectivity index (χ3n) is 3.09. The van der Waals surface area contributed by atoms with E-state index in [4.69, 9.17) is 16.7 Å². The van der Waals surface area contributed by atoms with Gasteiger partial charge in [0.1, 0.15) is 0 Å². The molecule has 0 saturated heterocycles. The van der Waals surface area contributed by atoms with Gasteiger partial charge < -0.3 is 10.2 Å². The molecule has 0 aliphatic rings. The van der Waals surface area contributed by atoms with Crippen LogP contribution in [0.2, 0.25) is 5.02 Å². The predicted molar refractivity (Wildman–Crippen MR) is 89.8 cm³/mol. The van der Waals surface area contributed by atoms with Gasteiger partial charge in [0, 0.05) is 24.3 Å². The highest BCUT2D eigenvalue weighted by molar-refractivity contribution is 7.89. The standard InChI is InChI=1S/C15H16ClN3O3S/c1-19(10-11-5-7-12(16)8-6-11)15(20)18-13-3-2-4-14(9-13)23(17,21)22/h2-9H,10H2,1H3,(H,18,20)(H2,17,21,22). The van der Waals surface area contributed by atoms with Crippen molar-refractivity contribution in [2.24, 2.45) is 5.14 Å². The molecule has 2 aromatic carbocycles. The number of benzene rings is 2. The zero-order chi connectivity index (χ0) is 17.0. The molecule has 0 spiro atoms. The molecular formula is C15H16ClN3O3S. The fraction of sp³-hybridized carbons (Fsp3) is 0.133. The summed E-state index contributed by atoms with van der Waals surface area (Å²) in [5.41, 5.74) is 1.27. The Morgan fingerprint density at radius 2 is 1.87 bits per heavy atom. The van der Waals surface area contributed by atoms with Gasteiger partial charge in [0.15, 0.2) is 0 Å². The lowest BCUT2D eigenvalue weighted by Crippen LogP contribution is -2.30. The number of hydrogen-bond acceptors (Lipinski definition) is 3. The molecule has 0 radical (unpaired) electrons. The summed E-state index contributed by atoms with van der Waals surface area (Å²) in [4.78, 5) is 13.6. The van der Waals surface area contributed by atoms with Gasteiger partial charge in [-0.15, -0.1) is 0 Å². The van der Waals surface area contributed by atoms with Crippen LogP contribution in [0.4, 0.5) is 10.5 Å². The number of anilines is 1. The number of nitrogens with zero attached hydrogens (tertiary/aromatic N) is 1. The average Bonchev–Trinajstić information content (AvgIpc) is 2.49. The third-order valence-corrected chi connectivity index (χ3v) is 4.26. The lowest BCUT2D eigenvalue weighted by molar-refractivity contribution is 0.220. The summed E-state index contributed by atoms with van der Waals surface area (Å²) in [7, 11) is -2.18. The molecule has 2 rings (SSSR count). The van der Waals surface area contributed by atoms with Gasteiger partial charge in [-0.3, -0.25) is 0 Å². The van der Waals surface area contributed by atoms with E-state index >= 15 is 0 Å². The topological polar surface area (TPSA) is 92.5 Å². The summed E-state index contributed by atoms with van der Waals surface area (Å²) in [6.07, 6.45) is 0. The Morgan fingerprint density at radius 1 is 1.22 bits per heavy atom. The maximum Gasteiger partial charge on any atom is 0.321 e. The number of primary sulfonamides is 1. The van der Waals surface area contributed by atoms with Gasteiger partial charge in [-0.1, -0.05) is 29.8 Å². The van der Waals surface area contributed by atoms with Crippen molar-refractivity contribution in [3.05, 3.63) is 59.1 Å². The molecule has 0 aliphatic heterocycles. The van der Waals surface area contributed by atoms with Crippen LogP contribution in [0.1, 0.15) is 5.56 Å². The van der Waals surface area contributed by atoms with Gasteiger partial charge in [-0.2, -0.15) is 0 Å². The van der Waals surface area contributed by atoms with Crippen LogP contribution in [0, 0.1) is 0 Å². The predicted octanol–water partition coefficient (Wildman–Crippen LogP) is 2.65. The van der Waals surface area contributed by atoms with Crippen molar-refractivity contribution in [1.82, 2.24) is 4.90 Å². The van der Waals surface area contributed by atoms with Crippen molar-refractivity contribution in [2.45, 2.75) is 11.4 Å². The van der Waals surface area contributed by atoms with E-state index in [-0.39, 0.29) is 10.9 Å². The summed E-state index contributed by atoms with van der Waals surface area (Å²) < 4.78 is 22.6. The highest BCUT2D eigenvalue weighted by Crippen LogP contribution is 2.15. The Balaban J connectivity index is 2.05. The van der Waals surface area contributed by atoms with E-state index in [0.717, 1.165) is 5.56 Å². The van der Waals surface area contributed by atoms with Crippen LogP contribution in [-0.4, -0.2) is 26.4 Å². The van der Waals surface area contributed by atoms with Gasteiger partial charge >= 0.3 is 6.03 Å². The zero-order valence-electron chi connectivity index (χ0n) is 12.4. The number of rotatable bonds is 4. The van der Waals surface area contributed by atoms with Gasteiger partial charge in [-0.05, 0) is 35.9 Å². The lowest BCUT2D eigenvalue weighted by atomic mass is 10.2. The van der Waals surface area contributed by atoms with E-state index < -0.39 is 10.0 Å². The largest absolute Gasteiger partial charge is 0.323 e. The Labute approximate surface area is 139 Å². The normalized spacial score (nSPS) is 11.1. The molecule has 2 aromatic rings. The molecule has 0 aliphatic carbocycles. The molecule has 2 amide bonds. The number of carbonyl (C=O) groups excluding carboxylic acids is 1. The first-order valence-corrected chi connectivity index (χ1v) is 8.57. The Kier molecular flexibility index (Phi) is 5.25. The molecular weight excluding hydrogens is 338 g/mol. The molecule has 23 heavy (non-hydrogen) atoms. The van der Waals surface area contributed by atoms with Crippen molar-refractivity contribution >= 4 is 33.3 Å². The molecule has 0 heterocycles. The molecule has 0 unspecified atom stereocenters. The van der Waals surface area contributed by atoms with Crippen LogP contribution in [0.25, 0.3) is 0 Å². The summed E-state index contributed by atoms with van der Waals surface area (Å²) >= 11 is 5.82. The highest BCUT2D eigenvalue weighted by atomic mass is 35.5. The Morgan fingerprint density at radius 3 is 2.48 bits per heavy atom. The summed E-state index contributed by atoms with van der Waals surface area (Å²) in [5, 5.41) is 8.32. The molecule has 8 heteroatoms. The minimum absolute atomic E-state index is 0.0596. The van der Waals surface area contributed by atoms with E-state index in [0.29, 0.717) is 17.3 Å². The molecule has 0 fully saturated rings. The lowest BCUT2D eigenvalue weighted by Gasteiger charge is -2.18. The van der Waals surface area contributed by atoms with Crippen LogP contribution in [0.3, 0.4) is 0 Å². The van der Waals surface area contributed by atoms with Crippen molar-refractivity contribution in [3.8, 4) is 0 Å². The smallest absolute Gasteiger partial charge is 0.321 e. The second-order valence-corrected chi connectivity index (χ2v) is 6.98.